The molecule has 0 unspecified atom stereocenters. The molecule has 1 aromatic carbocycles. The van der Waals surface area contributed by atoms with E-state index in [1.165, 1.54) is 18.2 Å². The van der Waals surface area contributed by atoms with Crippen molar-refractivity contribution in [3.05, 3.63) is 28.8 Å². The minimum absolute atomic E-state index is 0.00907. The first-order chi connectivity index (χ1) is 9.75. The number of rotatable bonds is 2. The lowest BCUT2D eigenvalue weighted by Crippen LogP contribution is -2.49. The summed E-state index contributed by atoms with van der Waals surface area (Å²) in [6.07, 6.45) is -8.67. The van der Waals surface area contributed by atoms with Crippen LogP contribution in [0.3, 0.4) is 0 Å². The maximum atomic E-state index is 12.6. The van der Waals surface area contributed by atoms with Gasteiger partial charge in [0.15, 0.2) is 6.10 Å². The molecule has 1 aliphatic heterocycles. The summed E-state index contributed by atoms with van der Waals surface area (Å²) in [7, 11) is 0. The number of amides is 1. The lowest BCUT2D eigenvalue weighted by atomic mass is 10.1. The van der Waals surface area contributed by atoms with Gasteiger partial charge in [-0.2, -0.15) is 18.4 Å². The Labute approximate surface area is 122 Å². The lowest BCUT2D eigenvalue weighted by Gasteiger charge is -2.27. The van der Waals surface area contributed by atoms with Crippen molar-refractivity contribution in [2.75, 3.05) is 11.5 Å². The average molecular weight is 321 g/mol. The molecular formula is C12H8ClF3N2O3. The van der Waals surface area contributed by atoms with Gasteiger partial charge in [-0.3, -0.25) is 4.90 Å². The number of alkyl halides is 3. The van der Waals surface area contributed by atoms with Crippen LogP contribution in [-0.4, -0.2) is 36.1 Å². The molecule has 21 heavy (non-hydrogen) atoms. The second kappa shape index (κ2) is 5.42. The molecular weight excluding hydrogens is 313 g/mol. The number of cyclic esters (lactones) is 1. The van der Waals surface area contributed by atoms with E-state index in [9.17, 15) is 23.1 Å². The first-order valence-electron chi connectivity index (χ1n) is 5.66. The third kappa shape index (κ3) is 2.89. The summed E-state index contributed by atoms with van der Waals surface area (Å²) < 4.78 is 42.4. The van der Waals surface area contributed by atoms with Gasteiger partial charge >= 0.3 is 12.3 Å². The molecule has 0 aromatic heterocycles. The SMILES string of the molecule is N#Cc1ccc(N2C(=O)OC[C@H]2[C@H](O)C(F)(F)F)cc1Cl. The van der Waals surface area contributed by atoms with Crippen molar-refractivity contribution < 1.29 is 27.8 Å². The molecule has 0 radical (unpaired) electrons. The van der Waals surface area contributed by atoms with Crippen molar-refractivity contribution in [2.45, 2.75) is 18.3 Å². The third-order valence-electron chi connectivity index (χ3n) is 2.96. The van der Waals surface area contributed by atoms with E-state index in [0.29, 0.717) is 4.90 Å². The van der Waals surface area contributed by atoms with Gasteiger partial charge in [0.1, 0.15) is 18.7 Å². The zero-order valence-corrected chi connectivity index (χ0v) is 11.0. The predicted molar refractivity (Wildman–Crippen MR) is 65.8 cm³/mol. The van der Waals surface area contributed by atoms with Crippen LogP contribution in [-0.2, 0) is 4.74 Å². The molecule has 1 aromatic rings. The van der Waals surface area contributed by atoms with Crippen molar-refractivity contribution in [1.82, 2.24) is 0 Å². The molecule has 0 aliphatic carbocycles. The first-order valence-corrected chi connectivity index (χ1v) is 6.04. The monoisotopic (exact) mass is 320 g/mol. The van der Waals surface area contributed by atoms with Crippen LogP contribution in [0.4, 0.5) is 23.7 Å². The smallest absolute Gasteiger partial charge is 0.416 e. The number of benzene rings is 1. The summed E-state index contributed by atoms with van der Waals surface area (Å²) in [4.78, 5) is 12.3. The Morgan fingerprint density at radius 2 is 2.19 bits per heavy atom. The zero-order valence-electron chi connectivity index (χ0n) is 10.3. The van der Waals surface area contributed by atoms with E-state index in [2.05, 4.69) is 4.74 Å². The van der Waals surface area contributed by atoms with Gasteiger partial charge in [0.2, 0.25) is 0 Å². The normalized spacial score (nSPS) is 20.1. The number of hydrogen-bond acceptors (Lipinski definition) is 4. The highest BCUT2D eigenvalue weighted by molar-refractivity contribution is 6.32. The summed E-state index contributed by atoms with van der Waals surface area (Å²) >= 11 is 5.79. The van der Waals surface area contributed by atoms with Crippen LogP contribution in [0.25, 0.3) is 0 Å². The molecule has 112 valence electrons. The molecule has 2 atom stereocenters. The number of nitriles is 1. The standard InChI is InChI=1S/C12H8ClF3N2O3/c13-8-3-7(2-1-6(8)4-17)18-9(5-21-11(18)20)10(19)12(14,15)16/h1-3,9-10,19H,5H2/t9-,10-/m0/s1. The number of hydrogen-bond donors (Lipinski definition) is 1. The number of halogens is 4. The molecule has 0 bridgehead atoms. The minimum Gasteiger partial charge on any atom is -0.447 e. The molecule has 0 saturated carbocycles. The number of ether oxygens (including phenoxy) is 1. The predicted octanol–water partition coefficient (Wildman–Crippen LogP) is 2.46. The van der Waals surface area contributed by atoms with Crippen molar-refractivity contribution in [1.29, 1.82) is 5.26 Å². The third-order valence-corrected chi connectivity index (χ3v) is 3.27. The Kier molecular flexibility index (Phi) is 3.98. The van der Waals surface area contributed by atoms with Gasteiger partial charge in [0.25, 0.3) is 0 Å². The fraction of sp³-hybridized carbons (Fsp3) is 0.333. The van der Waals surface area contributed by atoms with Crippen molar-refractivity contribution in [3.8, 4) is 6.07 Å². The number of carbonyl (C=O) groups is 1. The van der Waals surface area contributed by atoms with Gasteiger partial charge in [0.05, 0.1) is 10.6 Å². The Morgan fingerprint density at radius 3 is 2.71 bits per heavy atom. The number of carbonyl (C=O) groups excluding carboxylic acids is 1. The van der Waals surface area contributed by atoms with E-state index in [-0.39, 0.29) is 16.3 Å². The number of aliphatic hydroxyl groups excluding tert-OH is 1. The van der Waals surface area contributed by atoms with Crippen LogP contribution in [0.2, 0.25) is 5.02 Å². The Bertz CT molecular complexity index is 615. The number of nitrogens with zero attached hydrogens (tertiary/aromatic N) is 2. The quantitative estimate of drug-likeness (QED) is 0.908. The molecule has 1 N–H and O–H groups in total. The molecule has 0 spiro atoms. The maximum absolute atomic E-state index is 12.6. The maximum Gasteiger partial charge on any atom is 0.416 e. The highest BCUT2D eigenvalue weighted by Gasteiger charge is 2.50. The van der Waals surface area contributed by atoms with Crippen molar-refractivity contribution >= 4 is 23.4 Å². The van der Waals surface area contributed by atoms with E-state index < -0.39 is 31.0 Å². The fourth-order valence-electron chi connectivity index (χ4n) is 1.93. The van der Waals surface area contributed by atoms with E-state index in [1.807, 2.05) is 0 Å². The minimum atomic E-state index is -4.90. The van der Waals surface area contributed by atoms with E-state index in [1.54, 1.807) is 6.07 Å². The van der Waals surface area contributed by atoms with Crippen LogP contribution in [0.1, 0.15) is 5.56 Å². The molecule has 2 rings (SSSR count). The fourth-order valence-corrected chi connectivity index (χ4v) is 2.15. The summed E-state index contributed by atoms with van der Waals surface area (Å²) in [5, 5.41) is 18.0. The number of anilines is 1. The first kappa shape index (κ1) is 15.4. The number of aliphatic hydroxyl groups is 1. The van der Waals surface area contributed by atoms with E-state index in [0.717, 1.165) is 0 Å². The van der Waals surface area contributed by atoms with Gasteiger partial charge in [0, 0.05) is 5.69 Å². The summed E-state index contributed by atoms with van der Waals surface area (Å²) in [5.41, 5.74) is 0.121. The van der Waals surface area contributed by atoms with Crippen LogP contribution in [0.15, 0.2) is 18.2 Å². The van der Waals surface area contributed by atoms with Crippen LogP contribution < -0.4 is 4.90 Å². The zero-order chi connectivity index (χ0) is 15.8. The average Bonchev–Trinajstić information content (AvgIpc) is 2.78. The van der Waals surface area contributed by atoms with Gasteiger partial charge in [-0.15, -0.1) is 0 Å². The van der Waals surface area contributed by atoms with Crippen molar-refractivity contribution in [2.24, 2.45) is 0 Å². The van der Waals surface area contributed by atoms with Crippen LogP contribution in [0.5, 0.6) is 0 Å². The van der Waals surface area contributed by atoms with Gasteiger partial charge in [-0.1, -0.05) is 11.6 Å². The van der Waals surface area contributed by atoms with E-state index in [4.69, 9.17) is 16.9 Å². The lowest BCUT2D eigenvalue weighted by molar-refractivity contribution is -0.209. The molecule has 1 amide bonds. The Morgan fingerprint density at radius 1 is 1.52 bits per heavy atom. The van der Waals surface area contributed by atoms with Gasteiger partial charge in [-0.05, 0) is 18.2 Å². The highest BCUT2D eigenvalue weighted by atomic mass is 35.5. The molecule has 5 nitrogen and oxygen atoms in total. The van der Waals surface area contributed by atoms with E-state index >= 15 is 0 Å². The molecule has 1 aliphatic rings. The van der Waals surface area contributed by atoms with Crippen LogP contribution >= 0.6 is 11.6 Å². The Hall–Kier alpha value is -1.98. The van der Waals surface area contributed by atoms with Gasteiger partial charge < -0.3 is 9.84 Å². The topological polar surface area (TPSA) is 73.6 Å². The Balaban J connectivity index is 2.38. The highest BCUT2D eigenvalue weighted by Crippen LogP contribution is 2.33. The summed E-state index contributed by atoms with van der Waals surface area (Å²) in [6.45, 7) is -0.600. The molecule has 1 saturated heterocycles. The van der Waals surface area contributed by atoms with Crippen molar-refractivity contribution in [3.63, 3.8) is 0 Å². The second-order valence-corrected chi connectivity index (χ2v) is 4.68. The second-order valence-electron chi connectivity index (χ2n) is 4.28. The van der Waals surface area contributed by atoms with Gasteiger partial charge in [-0.25, -0.2) is 4.79 Å². The van der Waals surface area contributed by atoms with Crippen LogP contribution in [0, 0.1) is 11.3 Å². The summed E-state index contributed by atoms with van der Waals surface area (Å²) in [6, 6.07) is 3.87. The summed E-state index contributed by atoms with van der Waals surface area (Å²) in [5.74, 6) is 0. The molecule has 1 fully saturated rings. The molecule has 9 heteroatoms. The molecule has 1 heterocycles. The largest absolute Gasteiger partial charge is 0.447 e.